The van der Waals surface area contributed by atoms with Crippen LogP contribution in [0.5, 0.6) is 0 Å². The summed E-state index contributed by atoms with van der Waals surface area (Å²) in [4.78, 5) is 37.7. The van der Waals surface area contributed by atoms with Crippen molar-refractivity contribution in [2.45, 2.75) is 67.7 Å². The van der Waals surface area contributed by atoms with Gasteiger partial charge in [-0.1, -0.05) is 45.4 Å². The van der Waals surface area contributed by atoms with Gasteiger partial charge in [0.2, 0.25) is 0 Å². The van der Waals surface area contributed by atoms with Crippen LogP contribution in [0.15, 0.2) is 22.6 Å². The van der Waals surface area contributed by atoms with Crippen molar-refractivity contribution >= 4 is 29.7 Å². The summed E-state index contributed by atoms with van der Waals surface area (Å²) in [5.74, 6) is -0.242. The van der Waals surface area contributed by atoms with Gasteiger partial charge < -0.3 is 14.2 Å². The number of carbonyl (C=O) groups is 3. The van der Waals surface area contributed by atoms with Gasteiger partial charge in [-0.3, -0.25) is 14.4 Å². The third-order valence-corrected chi connectivity index (χ3v) is 7.70. The summed E-state index contributed by atoms with van der Waals surface area (Å²) in [6, 6.07) is 0. The predicted octanol–water partition coefficient (Wildman–Crippen LogP) is 5.07. The van der Waals surface area contributed by atoms with Crippen LogP contribution in [0.25, 0.3) is 0 Å². The van der Waals surface area contributed by atoms with E-state index in [-0.39, 0.29) is 48.4 Å². The molecule has 0 radical (unpaired) electrons. The number of ether oxygens (including phenoxy) is 3. The lowest BCUT2D eigenvalue weighted by Crippen LogP contribution is -2.24. The maximum atomic E-state index is 12.6. The minimum Gasteiger partial charge on any atom is -0.468 e. The molecule has 2 saturated carbocycles. The van der Waals surface area contributed by atoms with E-state index < -0.39 is 10.8 Å². The van der Waals surface area contributed by atoms with Crippen molar-refractivity contribution < 1.29 is 28.6 Å². The normalized spacial score (nSPS) is 27.2. The van der Waals surface area contributed by atoms with Crippen LogP contribution < -0.4 is 0 Å². The fourth-order valence-electron chi connectivity index (χ4n) is 4.46. The Morgan fingerprint density at radius 3 is 1.81 bits per heavy atom. The van der Waals surface area contributed by atoms with Crippen molar-refractivity contribution in [3.05, 3.63) is 22.6 Å². The molecule has 180 valence electrons. The second-order valence-corrected chi connectivity index (χ2v) is 11.8. The third-order valence-electron chi connectivity index (χ3n) is 6.72. The van der Waals surface area contributed by atoms with Crippen LogP contribution in [0.2, 0.25) is 0 Å². The minimum absolute atomic E-state index is 0.0506. The summed E-state index contributed by atoms with van der Waals surface area (Å²) in [6.45, 7) is 14.2. The fourth-order valence-corrected chi connectivity index (χ4v) is 5.34. The summed E-state index contributed by atoms with van der Waals surface area (Å²) in [6.07, 6.45) is 5.73. The first kappa shape index (κ1) is 26.5. The van der Waals surface area contributed by atoms with Gasteiger partial charge in [0.1, 0.15) is 13.2 Å². The van der Waals surface area contributed by atoms with Gasteiger partial charge in [-0.05, 0) is 49.3 Å². The summed E-state index contributed by atoms with van der Waals surface area (Å²) in [5.41, 5.74) is -0.263. The second kappa shape index (κ2) is 9.62. The molecule has 2 fully saturated rings. The van der Waals surface area contributed by atoms with Crippen molar-refractivity contribution in [1.82, 2.24) is 0 Å². The van der Waals surface area contributed by atoms with E-state index in [4.69, 9.17) is 14.2 Å². The molecule has 32 heavy (non-hydrogen) atoms. The molecular formula is C25H38O6S. The summed E-state index contributed by atoms with van der Waals surface area (Å²) < 4.78 is 15.6. The number of carbonyl (C=O) groups excluding carboxylic acids is 3. The maximum absolute atomic E-state index is 12.6. The van der Waals surface area contributed by atoms with Gasteiger partial charge in [-0.15, -0.1) is 11.8 Å². The number of hydrogen-bond donors (Lipinski definition) is 0. The Morgan fingerprint density at radius 1 is 0.844 bits per heavy atom. The van der Waals surface area contributed by atoms with Crippen LogP contribution >= 0.6 is 11.8 Å². The largest absolute Gasteiger partial charge is 0.468 e. The van der Waals surface area contributed by atoms with Crippen LogP contribution in [0.3, 0.4) is 0 Å². The molecular weight excluding hydrogens is 428 g/mol. The molecule has 0 aromatic heterocycles. The van der Waals surface area contributed by atoms with Crippen molar-refractivity contribution in [3.63, 3.8) is 0 Å². The quantitative estimate of drug-likeness (QED) is 0.182. The zero-order valence-electron chi connectivity index (χ0n) is 20.8. The topological polar surface area (TPSA) is 78.9 Å². The Balaban J connectivity index is 1.70. The molecule has 2 rings (SSSR count). The molecule has 2 unspecified atom stereocenters. The van der Waals surface area contributed by atoms with Crippen LogP contribution in [-0.2, 0) is 28.6 Å². The molecule has 0 aliphatic heterocycles. The van der Waals surface area contributed by atoms with Crippen LogP contribution in [0.1, 0.15) is 67.7 Å². The monoisotopic (exact) mass is 466 g/mol. The van der Waals surface area contributed by atoms with Crippen LogP contribution in [0, 0.1) is 21.7 Å². The van der Waals surface area contributed by atoms with E-state index in [0.29, 0.717) is 5.75 Å². The molecule has 6 nitrogen and oxygen atoms in total. The molecule has 0 aromatic carbocycles. The van der Waals surface area contributed by atoms with Gasteiger partial charge in [-0.2, -0.15) is 0 Å². The number of hydrogen-bond acceptors (Lipinski definition) is 7. The van der Waals surface area contributed by atoms with E-state index in [2.05, 4.69) is 13.8 Å². The average Bonchev–Trinajstić information content (AvgIpc) is 3.45. The Morgan fingerprint density at radius 2 is 1.34 bits per heavy atom. The molecule has 0 spiro atoms. The Labute approximate surface area is 196 Å². The van der Waals surface area contributed by atoms with E-state index >= 15 is 0 Å². The Bertz CT molecular complexity index is 820. The lowest BCUT2D eigenvalue weighted by molar-refractivity contribution is -0.155. The standard InChI is InChI=1S/C25H38O6S/c1-17(2)13-24(15-22(24,4)5)21(28)31-11-10-30-19(26)9-12-32-18(3)14-25(20(27)29-8)16-23(25,6)7/h13-14H,9-12,15-16H2,1-8H3/b18-14+. The average molecular weight is 467 g/mol. The zero-order chi connectivity index (χ0) is 24.4. The van der Waals surface area contributed by atoms with E-state index in [1.807, 2.05) is 46.8 Å². The molecule has 0 saturated heterocycles. The number of thioether (sulfide) groups is 1. The molecule has 2 aliphatic carbocycles. The van der Waals surface area contributed by atoms with Crippen molar-refractivity contribution in [3.8, 4) is 0 Å². The smallest absolute Gasteiger partial charge is 0.316 e. The van der Waals surface area contributed by atoms with E-state index in [1.165, 1.54) is 18.9 Å². The first-order valence-corrected chi connectivity index (χ1v) is 12.1. The molecule has 0 heterocycles. The van der Waals surface area contributed by atoms with E-state index in [0.717, 1.165) is 23.3 Å². The van der Waals surface area contributed by atoms with Crippen molar-refractivity contribution in [2.75, 3.05) is 26.1 Å². The molecule has 0 bridgehead atoms. The minimum atomic E-state index is -0.567. The third kappa shape index (κ3) is 5.59. The van der Waals surface area contributed by atoms with Gasteiger partial charge >= 0.3 is 17.9 Å². The Kier molecular flexibility index (Phi) is 7.96. The lowest BCUT2D eigenvalue weighted by atomic mass is 9.94. The van der Waals surface area contributed by atoms with Gasteiger partial charge in [-0.25, -0.2) is 0 Å². The molecule has 7 heteroatoms. The highest BCUT2D eigenvalue weighted by molar-refractivity contribution is 8.03. The van der Waals surface area contributed by atoms with Crippen molar-refractivity contribution in [1.29, 1.82) is 0 Å². The molecule has 0 N–H and O–H groups in total. The van der Waals surface area contributed by atoms with Gasteiger partial charge in [0.05, 0.1) is 24.4 Å². The highest BCUT2D eigenvalue weighted by Crippen LogP contribution is 2.66. The maximum Gasteiger partial charge on any atom is 0.316 e. The first-order valence-electron chi connectivity index (χ1n) is 11.1. The lowest BCUT2D eigenvalue weighted by Gasteiger charge is -2.16. The highest BCUT2D eigenvalue weighted by Gasteiger charge is 2.66. The SMILES string of the molecule is COC(=O)C1(/C=C(\C)SCCC(=O)OCCOC(=O)C2(C=C(C)C)CC2(C)C)CC1(C)C. The zero-order valence-corrected chi connectivity index (χ0v) is 21.6. The highest BCUT2D eigenvalue weighted by atomic mass is 32.2. The van der Waals surface area contributed by atoms with Gasteiger partial charge in [0.25, 0.3) is 0 Å². The van der Waals surface area contributed by atoms with E-state index in [1.54, 1.807) is 0 Å². The van der Waals surface area contributed by atoms with E-state index in [9.17, 15) is 14.4 Å². The number of esters is 3. The van der Waals surface area contributed by atoms with Crippen LogP contribution in [0.4, 0.5) is 0 Å². The number of allylic oxidation sites excluding steroid dienone is 2. The molecule has 0 aromatic rings. The number of rotatable bonds is 11. The first-order chi connectivity index (χ1) is 14.7. The predicted molar refractivity (Wildman–Crippen MR) is 126 cm³/mol. The summed E-state index contributed by atoms with van der Waals surface area (Å²) >= 11 is 1.52. The van der Waals surface area contributed by atoms with Gasteiger partial charge in [0, 0.05) is 5.75 Å². The summed E-state index contributed by atoms with van der Waals surface area (Å²) in [7, 11) is 1.41. The van der Waals surface area contributed by atoms with Gasteiger partial charge in [0.15, 0.2) is 0 Å². The van der Waals surface area contributed by atoms with Crippen LogP contribution in [-0.4, -0.2) is 44.0 Å². The fraction of sp³-hybridized carbons (Fsp3) is 0.720. The molecule has 2 atom stereocenters. The molecule has 0 amide bonds. The summed E-state index contributed by atoms with van der Waals surface area (Å²) in [5, 5.41) is 0. The number of methoxy groups -OCH3 is 1. The molecule has 2 aliphatic rings. The second-order valence-electron chi connectivity index (χ2n) is 10.5. The van der Waals surface area contributed by atoms with Crippen molar-refractivity contribution in [2.24, 2.45) is 21.7 Å². The Hall–Kier alpha value is -1.76.